The standard InChI is InChI=1S/C19H17F6N3O4/c1-10-2-3-14(32-10)9-26-15(29)4-5-16(30)27-28-17(31)11-6-12(18(20,21)22)8-13(7-11)19(23,24)25/h2-3,6-8H,4-5,9H2,1H3,(H,26,29)(H,27,30)(H,28,31). The smallest absolute Gasteiger partial charge is 0.416 e. The Hall–Kier alpha value is -3.51. The summed E-state index contributed by atoms with van der Waals surface area (Å²) in [5.41, 5.74) is -0.756. The first kappa shape index (κ1) is 24.8. The molecule has 1 aromatic carbocycles. The fourth-order valence-corrected chi connectivity index (χ4v) is 2.43. The molecular formula is C19H17F6N3O4. The Morgan fingerprint density at radius 2 is 1.41 bits per heavy atom. The number of hydrogen-bond acceptors (Lipinski definition) is 4. The highest BCUT2D eigenvalue weighted by Gasteiger charge is 2.37. The van der Waals surface area contributed by atoms with Crippen LogP contribution >= 0.6 is 0 Å². The van der Waals surface area contributed by atoms with Gasteiger partial charge in [-0.25, -0.2) is 0 Å². The second-order valence-corrected chi connectivity index (χ2v) is 6.59. The maximum absolute atomic E-state index is 12.8. The van der Waals surface area contributed by atoms with Crippen LogP contribution in [0.25, 0.3) is 0 Å². The Labute approximate surface area is 177 Å². The molecule has 32 heavy (non-hydrogen) atoms. The topological polar surface area (TPSA) is 100 Å². The molecule has 2 rings (SSSR count). The maximum atomic E-state index is 12.8. The highest BCUT2D eigenvalue weighted by atomic mass is 19.4. The molecule has 0 aliphatic carbocycles. The quantitative estimate of drug-likeness (QED) is 0.449. The molecular weight excluding hydrogens is 448 g/mol. The van der Waals surface area contributed by atoms with Crippen molar-refractivity contribution in [2.45, 2.75) is 38.7 Å². The first-order valence-corrected chi connectivity index (χ1v) is 8.96. The van der Waals surface area contributed by atoms with Gasteiger partial charge in [0, 0.05) is 18.4 Å². The van der Waals surface area contributed by atoms with Crippen LogP contribution in [-0.4, -0.2) is 17.7 Å². The van der Waals surface area contributed by atoms with Gasteiger partial charge in [-0.3, -0.25) is 25.2 Å². The van der Waals surface area contributed by atoms with E-state index >= 15 is 0 Å². The number of halogens is 6. The summed E-state index contributed by atoms with van der Waals surface area (Å²) in [6.45, 7) is 1.80. The van der Waals surface area contributed by atoms with Gasteiger partial charge in [0.1, 0.15) is 11.5 Å². The average molecular weight is 465 g/mol. The van der Waals surface area contributed by atoms with Crippen molar-refractivity contribution in [3.05, 3.63) is 58.5 Å². The third-order valence-electron chi connectivity index (χ3n) is 4.00. The number of furan rings is 1. The summed E-state index contributed by atoms with van der Waals surface area (Å²) >= 11 is 0. The van der Waals surface area contributed by atoms with Crippen molar-refractivity contribution in [2.75, 3.05) is 0 Å². The number of carbonyl (C=O) groups excluding carboxylic acids is 3. The second-order valence-electron chi connectivity index (χ2n) is 6.59. The number of benzene rings is 1. The largest absolute Gasteiger partial charge is 0.465 e. The Morgan fingerprint density at radius 1 is 0.844 bits per heavy atom. The van der Waals surface area contributed by atoms with Crippen molar-refractivity contribution >= 4 is 17.7 Å². The Bertz CT molecular complexity index is 965. The van der Waals surface area contributed by atoms with Gasteiger partial charge in [-0.05, 0) is 37.3 Å². The molecule has 0 fully saturated rings. The van der Waals surface area contributed by atoms with E-state index in [1.807, 2.05) is 5.43 Å². The predicted molar refractivity (Wildman–Crippen MR) is 96.6 cm³/mol. The minimum absolute atomic E-state index is 0.0854. The number of amides is 3. The molecule has 0 saturated carbocycles. The lowest BCUT2D eigenvalue weighted by Crippen LogP contribution is -2.42. The van der Waals surface area contributed by atoms with E-state index in [-0.39, 0.29) is 31.2 Å². The van der Waals surface area contributed by atoms with Crippen LogP contribution in [0.4, 0.5) is 26.3 Å². The van der Waals surface area contributed by atoms with Gasteiger partial charge in [0.2, 0.25) is 11.8 Å². The number of carbonyl (C=O) groups is 3. The number of alkyl halides is 6. The second kappa shape index (κ2) is 9.75. The summed E-state index contributed by atoms with van der Waals surface area (Å²) in [7, 11) is 0. The molecule has 0 aliphatic heterocycles. The zero-order valence-corrected chi connectivity index (χ0v) is 16.4. The minimum atomic E-state index is -5.12. The van der Waals surface area contributed by atoms with E-state index in [1.54, 1.807) is 24.5 Å². The van der Waals surface area contributed by atoms with Crippen LogP contribution in [0.2, 0.25) is 0 Å². The predicted octanol–water partition coefficient (Wildman–Crippen LogP) is 3.48. The molecule has 0 saturated heterocycles. The van der Waals surface area contributed by atoms with Crippen LogP contribution in [0.15, 0.2) is 34.7 Å². The van der Waals surface area contributed by atoms with Crippen molar-refractivity contribution < 1.29 is 45.1 Å². The van der Waals surface area contributed by atoms with Crippen molar-refractivity contribution in [1.29, 1.82) is 0 Å². The molecule has 7 nitrogen and oxygen atoms in total. The summed E-state index contributed by atoms with van der Waals surface area (Å²) in [5.74, 6) is -1.66. The van der Waals surface area contributed by atoms with Gasteiger partial charge in [-0.15, -0.1) is 0 Å². The van der Waals surface area contributed by atoms with Gasteiger partial charge in [0.15, 0.2) is 0 Å². The van der Waals surface area contributed by atoms with Crippen molar-refractivity contribution in [3.8, 4) is 0 Å². The lowest BCUT2D eigenvalue weighted by atomic mass is 10.0. The first-order valence-electron chi connectivity index (χ1n) is 8.96. The van der Waals surface area contributed by atoms with E-state index in [4.69, 9.17) is 4.42 Å². The molecule has 0 unspecified atom stereocenters. The highest BCUT2D eigenvalue weighted by molar-refractivity contribution is 5.96. The highest BCUT2D eigenvalue weighted by Crippen LogP contribution is 2.36. The summed E-state index contributed by atoms with van der Waals surface area (Å²) < 4.78 is 82.3. The van der Waals surface area contributed by atoms with Crippen LogP contribution in [-0.2, 0) is 28.5 Å². The van der Waals surface area contributed by atoms with Crippen molar-refractivity contribution in [2.24, 2.45) is 0 Å². The number of rotatable bonds is 6. The van der Waals surface area contributed by atoms with Crippen molar-refractivity contribution in [1.82, 2.24) is 16.2 Å². The van der Waals surface area contributed by atoms with Gasteiger partial charge in [0.25, 0.3) is 5.91 Å². The lowest BCUT2D eigenvalue weighted by molar-refractivity contribution is -0.143. The van der Waals surface area contributed by atoms with E-state index in [0.29, 0.717) is 11.5 Å². The van der Waals surface area contributed by atoms with Crippen LogP contribution in [0, 0.1) is 6.92 Å². The molecule has 174 valence electrons. The Kier molecular flexibility index (Phi) is 7.54. The third kappa shape index (κ3) is 7.32. The zero-order chi connectivity index (χ0) is 24.1. The fraction of sp³-hybridized carbons (Fsp3) is 0.316. The molecule has 0 atom stereocenters. The average Bonchev–Trinajstić information content (AvgIpc) is 3.12. The molecule has 0 bridgehead atoms. The van der Waals surface area contributed by atoms with E-state index in [0.717, 1.165) is 0 Å². The summed E-state index contributed by atoms with van der Waals surface area (Å²) in [5, 5.41) is 2.49. The van der Waals surface area contributed by atoms with E-state index in [2.05, 4.69) is 5.32 Å². The summed E-state index contributed by atoms with van der Waals surface area (Å²) in [6, 6.07) is 3.66. The van der Waals surface area contributed by atoms with E-state index in [9.17, 15) is 40.7 Å². The molecule has 1 heterocycles. The van der Waals surface area contributed by atoms with Gasteiger partial charge >= 0.3 is 12.4 Å². The molecule has 3 N–H and O–H groups in total. The molecule has 13 heteroatoms. The van der Waals surface area contributed by atoms with Crippen molar-refractivity contribution in [3.63, 3.8) is 0 Å². The van der Waals surface area contributed by atoms with Crippen LogP contribution in [0.1, 0.15) is 45.8 Å². The molecule has 0 spiro atoms. The SMILES string of the molecule is Cc1ccc(CNC(=O)CCC(=O)NNC(=O)c2cc(C(F)(F)F)cc(C(F)(F)F)c2)o1. The lowest BCUT2D eigenvalue weighted by Gasteiger charge is -2.14. The minimum Gasteiger partial charge on any atom is -0.465 e. The zero-order valence-electron chi connectivity index (χ0n) is 16.4. The van der Waals surface area contributed by atoms with Crippen LogP contribution in [0.5, 0.6) is 0 Å². The van der Waals surface area contributed by atoms with E-state index < -0.39 is 53.2 Å². The number of nitrogens with one attached hydrogen (secondary N) is 3. The monoisotopic (exact) mass is 465 g/mol. The Balaban J connectivity index is 1.89. The molecule has 1 aromatic heterocycles. The number of aryl methyl sites for hydroxylation is 1. The first-order chi connectivity index (χ1) is 14.8. The number of hydrazine groups is 1. The molecule has 2 aromatic rings. The van der Waals surface area contributed by atoms with Crippen LogP contribution < -0.4 is 16.2 Å². The fourth-order valence-electron chi connectivity index (χ4n) is 2.43. The molecule has 0 aliphatic rings. The van der Waals surface area contributed by atoms with Gasteiger partial charge < -0.3 is 9.73 Å². The maximum Gasteiger partial charge on any atom is 0.416 e. The molecule has 3 amide bonds. The summed E-state index contributed by atoms with van der Waals surface area (Å²) in [6.07, 6.45) is -10.9. The molecule has 0 radical (unpaired) electrons. The van der Waals surface area contributed by atoms with E-state index in [1.165, 1.54) is 0 Å². The normalized spacial score (nSPS) is 11.7. The van der Waals surface area contributed by atoms with Gasteiger partial charge in [-0.2, -0.15) is 26.3 Å². The number of hydrogen-bond donors (Lipinski definition) is 3. The van der Waals surface area contributed by atoms with Gasteiger partial charge in [-0.1, -0.05) is 0 Å². The van der Waals surface area contributed by atoms with Crippen LogP contribution in [0.3, 0.4) is 0 Å². The third-order valence-corrected chi connectivity index (χ3v) is 4.00. The summed E-state index contributed by atoms with van der Waals surface area (Å²) in [4.78, 5) is 35.4. The van der Waals surface area contributed by atoms with Gasteiger partial charge in [0.05, 0.1) is 17.7 Å². The Morgan fingerprint density at radius 3 is 1.91 bits per heavy atom.